The summed E-state index contributed by atoms with van der Waals surface area (Å²) in [6.07, 6.45) is 1.84. The van der Waals surface area contributed by atoms with E-state index >= 15 is 0 Å². The highest BCUT2D eigenvalue weighted by atomic mass is 32.1. The third-order valence-corrected chi connectivity index (χ3v) is 4.59. The summed E-state index contributed by atoms with van der Waals surface area (Å²) < 4.78 is 0. The maximum atomic E-state index is 4.53. The second kappa shape index (κ2) is 5.31. The predicted octanol–water partition coefficient (Wildman–Crippen LogP) is 3.62. The molecule has 1 atom stereocenters. The maximum Gasteiger partial charge on any atom is 0.0900 e. The van der Waals surface area contributed by atoms with Crippen molar-refractivity contribution in [3.8, 4) is 0 Å². The van der Waals surface area contributed by atoms with E-state index < -0.39 is 0 Å². The second-order valence-corrected chi connectivity index (χ2v) is 6.09. The Bertz CT molecular complexity index is 748. The first kappa shape index (κ1) is 13.2. The van der Waals surface area contributed by atoms with E-state index in [0.29, 0.717) is 0 Å². The zero-order chi connectivity index (χ0) is 14.1. The van der Waals surface area contributed by atoms with Crippen molar-refractivity contribution in [3.63, 3.8) is 0 Å². The smallest absolute Gasteiger partial charge is 0.0900 e. The lowest BCUT2D eigenvalue weighted by Crippen LogP contribution is -2.17. The minimum atomic E-state index is 0.174. The number of fused-ring (bicyclic) bond motifs is 1. The van der Waals surface area contributed by atoms with Crippen molar-refractivity contribution in [2.24, 2.45) is 0 Å². The first-order chi connectivity index (χ1) is 9.69. The van der Waals surface area contributed by atoms with E-state index in [1.165, 1.54) is 15.8 Å². The van der Waals surface area contributed by atoms with E-state index in [0.717, 1.165) is 16.2 Å². The van der Waals surface area contributed by atoms with Gasteiger partial charge in [0.25, 0.3) is 0 Å². The molecule has 2 heterocycles. The molecule has 1 aromatic carbocycles. The van der Waals surface area contributed by atoms with Crippen LogP contribution >= 0.6 is 11.3 Å². The van der Waals surface area contributed by atoms with E-state index in [9.17, 15) is 0 Å². The van der Waals surface area contributed by atoms with Crippen LogP contribution in [0, 0.1) is 13.8 Å². The average molecular weight is 283 g/mol. The molecule has 1 unspecified atom stereocenters. The summed E-state index contributed by atoms with van der Waals surface area (Å²) in [5, 5.41) is 5.67. The Morgan fingerprint density at radius 1 is 1.20 bits per heavy atom. The monoisotopic (exact) mass is 283 g/mol. The van der Waals surface area contributed by atoms with Gasteiger partial charge in [-0.3, -0.25) is 4.98 Å². The predicted molar refractivity (Wildman–Crippen MR) is 84.2 cm³/mol. The van der Waals surface area contributed by atoms with Crippen molar-refractivity contribution >= 4 is 22.2 Å². The molecular weight excluding hydrogens is 266 g/mol. The number of pyridine rings is 1. The highest BCUT2D eigenvalue weighted by Gasteiger charge is 2.18. The minimum Gasteiger partial charge on any atom is -0.309 e. The molecule has 102 valence electrons. The number of nitrogens with zero attached hydrogens (tertiary/aromatic N) is 2. The summed E-state index contributed by atoms with van der Waals surface area (Å²) in [5.41, 5.74) is 3.36. The van der Waals surface area contributed by atoms with Crippen LogP contribution in [-0.2, 0) is 0 Å². The van der Waals surface area contributed by atoms with Gasteiger partial charge in [0.15, 0.2) is 0 Å². The molecule has 0 amide bonds. The van der Waals surface area contributed by atoms with Gasteiger partial charge in [0.2, 0.25) is 0 Å². The molecule has 0 radical (unpaired) electrons. The summed E-state index contributed by atoms with van der Waals surface area (Å²) in [7, 11) is 1.99. The summed E-state index contributed by atoms with van der Waals surface area (Å²) in [6, 6.07) is 10.7. The van der Waals surface area contributed by atoms with Crippen LogP contribution in [0.15, 0.2) is 36.5 Å². The summed E-state index contributed by atoms with van der Waals surface area (Å²) >= 11 is 1.75. The number of hydrogen-bond donors (Lipinski definition) is 1. The maximum absolute atomic E-state index is 4.53. The normalized spacial score (nSPS) is 12.8. The van der Waals surface area contributed by atoms with Crippen LogP contribution in [0.1, 0.15) is 27.2 Å². The fourth-order valence-corrected chi connectivity index (χ4v) is 3.59. The molecule has 0 aliphatic rings. The largest absolute Gasteiger partial charge is 0.309 e. The summed E-state index contributed by atoms with van der Waals surface area (Å²) in [5.74, 6) is 0. The number of rotatable bonds is 3. The van der Waals surface area contributed by atoms with Gasteiger partial charge in [-0.2, -0.15) is 0 Å². The van der Waals surface area contributed by atoms with Gasteiger partial charge in [0.1, 0.15) is 0 Å². The van der Waals surface area contributed by atoms with Gasteiger partial charge in [-0.1, -0.05) is 18.2 Å². The molecule has 0 aliphatic heterocycles. The topological polar surface area (TPSA) is 37.8 Å². The molecule has 0 spiro atoms. The van der Waals surface area contributed by atoms with Crippen molar-refractivity contribution in [2.45, 2.75) is 19.9 Å². The molecule has 3 nitrogen and oxygen atoms in total. The zero-order valence-corrected chi connectivity index (χ0v) is 12.7. The summed E-state index contributed by atoms with van der Waals surface area (Å²) in [4.78, 5) is 10.2. The molecule has 0 bridgehead atoms. The van der Waals surface area contributed by atoms with E-state index in [4.69, 9.17) is 0 Å². The number of thiazole rings is 1. The SMILES string of the molecule is CNC(c1ccc2cccnc2c1)c1sc(C)nc1C. The molecule has 0 saturated heterocycles. The lowest BCUT2D eigenvalue weighted by molar-refractivity contribution is 0.698. The average Bonchev–Trinajstić information content (AvgIpc) is 2.78. The Hall–Kier alpha value is -1.78. The van der Waals surface area contributed by atoms with E-state index in [2.05, 4.69) is 53.4 Å². The number of aromatic nitrogens is 2. The Labute approximate surface area is 122 Å². The summed E-state index contributed by atoms with van der Waals surface area (Å²) in [6.45, 7) is 4.12. The van der Waals surface area contributed by atoms with Gasteiger partial charge in [-0.15, -0.1) is 11.3 Å². The lowest BCUT2D eigenvalue weighted by atomic mass is 10.0. The number of benzene rings is 1. The van der Waals surface area contributed by atoms with Gasteiger partial charge < -0.3 is 5.32 Å². The van der Waals surface area contributed by atoms with Crippen molar-refractivity contribution in [3.05, 3.63) is 57.7 Å². The van der Waals surface area contributed by atoms with Crippen LogP contribution in [0.3, 0.4) is 0 Å². The first-order valence-corrected chi connectivity index (χ1v) is 7.46. The third kappa shape index (κ3) is 2.32. The molecule has 2 aromatic heterocycles. The molecule has 3 rings (SSSR count). The van der Waals surface area contributed by atoms with Gasteiger partial charge >= 0.3 is 0 Å². The minimum absolute atomic E-state index is 0.174. The third-order valence-electron chi connectivity index (χ3n) is 3.45. The van der Waals surface area contributed by atoms with Crippen LogP contribution in [0.5, 0.6) is 0 Å². The highest BCUT2D eigenvalue weighted by Crippen LogP contribution is 2.30. The zero-order valence-electron chi connectivity index (χ0n) is 11.8. The van der Waals surface area contributed by atoms with E-state index in [1.807, 2.05) is 19.3 Å². The van der Waals surface area contributed by atoms with Crippen molar-refractivity contribution in [1.29, 1.82) is 0 Å². The van der Waals surface area contributed by atoms with Gasteiger partial charge in [0, 0.05) is 16.5 Å². The number of aryl methyl sites for hydroxylation is 2. The van der Waals surface area contributed by atoms with Crippen molar-refractivity contribution in [2.75, 3.05) is 7.05 Å². The van der Waals surface area contributed by atoms with Gasteiger partial charge in [0.05, 0.1) is 22.3 Å². The fourth-order valence-electron chi connectivity index (χ4n) is 2.53. The van der Waals surface area contributed by atoms with Crippen LogP contribution in [0.4, 0.5) is 0 Å². The number of hydrogen-bond acceptors (Lipinski definition) is 4. The molecule has 0 aliphatic carbocycles. The second-order valence-electron chi connectivity index (χ2n) is 4.86. The lowest BCUT2D eigenvalue weighted by Gasteiger charge is -2.16. The molecule has 1 N–H and O–H groups in total. The Morgan fingerprint density at radius 2 is 2.05 bits per heavy atom. The van der Waals surface area contributed by atoms with Crippen LogP contribution in [-0.4, -0.2) is 17.0 Å². The number of nitrogens with one attached hydrogen (secondary N) is 1. The van der Waals surface area contributed by atoms with Gasteiger partial charge in [-0.05, 0) is 38.6 Å². The van der Waals surface area contributed by atoms with E-state index in [1.54, 1.807) is 11.3 Å². The molecule has 3 aromatic rings. The first-order valence-electron chi connectivity index (χ1n) is 6.65. The van der Waals surface area contributed by atoms with Crippen LogP contribution in [0.2, 0.25) is 0 Å². The molecule has 20 heavy (non-hydrogen) atoms. The molecule has 0 saturated carbocycles. The van der Waals surface area contributed by atoms with Gasteiger partial charge in [-0.25, -0.2) is 4.98 Å². The Balaban J connectivity index is 2.09. The standard InChI is InChI=1S/C16H17N3S/c1-10-16(20-11(2)19-10)15(17-3)13-7-6-12-5-4-8-18-14(12)9-13/h4-9,15,17H,1-3H3. The van der Waals surface area contributed by atoms with Crippen molar-refractivity contribution < 1.29 is 0 Å². The van der Waals surface area contributed by atoms with Crippen LogP contribution in [0.25, 0.3) is 10.9 Å². The quantitative estimate of drug-likeness (QED) is 0.798. The van der Waals surface area contributed by atoms with Crippen LogP contribution < -0.4 is 5.32 Å². The Morgan fingerprint density at radius 3 is 2.75 bits per heavy atom. The highest BCUT2D eigenvalue weighted by molar-refractivity contribution is 7.11. The van der Waals surface area contributed by atoms with Crippen molar-refractivity contribution in [1.82, 2.24) is 15.3 Å². The van der Waals surface area contributed by atoms with E-state index in [-0.39, 0.29) is 6.04 Å². The fraction of sp³-hybridized carbons (Fsp3) is 0.250. The molecule has 0 fully saturated rings. The molecular formula is C16H17N3S. The Kier molecular flexibility index (Phi) is 3.51. The molecule has 4 heteroatoms.